The summed E-state index contributed by atoms with van der Waals surface area (Å²) in [6.07, 6.45) is 11.2. The first kappa shape index (κ1) is 37.1. The number of nitrogens with one attached hydrogen (secondary N) is 3. The van der Waals surface area contributed by atoms with E-state index >= 15 is 4.39 Å². The molecule has 3 heterocycles. The average molecular weight is 776 g/mol. The number of aromatic nitrogens is 1. The van der Waals surface area contributed by atoms with E-state index in [1.54, 1.807) is 12.3 Å². The third-order valence-electron chi connectivity index (χ3n) is 11.7. The van der Waals surface area contributed by atoms with Gasteiger partial charge in [-0.15, -0.1) is 0 Å². The van der Waals surface area contributed by atoms with Crippen LogP contribution in [0.5, 0.6) is 5.75 Å². The summed E-state index contributed by atoms with van der Waals surface area (Å²) in [6.45, 7) is -0.126. The zero-order valence-electron chi connectivity index (χ0n) is 30.5. The van der Waals surface area contributed by atoms with Gasteiger partial charge in [-0.1, -0.05) is 49.3 Å². The summed E-state index contributed by atoms with van der Waals surface area (Å²) in [5.41, 5.74) is -1.04. The number of alkyl carbamates (subject to hydrolysis) is 1. The zero-order valence-corrected chi connectivity index (χ0v) is 31.3. The van der Waals surface area contributed by atoms with Crippen molar-refractivity contribution in [2.45, 2.75) is 119 Å². The van der Waals surface area contributed by atoms with Crippen LogP contribution in [-0.2, 0) is 29.1 Å². The molecule has 3 aromatic rings. The number of pyridine rings is 1. The van der Waals surface area contributed by atoms with Crippen molar-refractivity contribution in [1.29, 1.82) is 0 Å². The molecule has 3 aliphatic carbocycles. The third-order valence-corrected chi connectivity index (χ3v) is 13.5. The summed E-state index contributed by atoms with van der Waals surface area (Å²) in [6, 6.07) is 8.00. The van der Waals surface area contributed by atoms with Crippen molar-refractivity contribution in [2.75, 3.05) is 6.54 Å². The second-order valence-electron chi connectivity index (χ2n) is 15.6. The molecule has 292 valence electrons. The molecule has 0 radical (unpaired) electrons. The monoisotopic (exact) mass is 775 g/mol. The third kappa shape index (κ3) is 7.72. The smallest absolute Gasteiger partial charge is 0.408 e. The highest BCUT2D eigenvalue weighted by molar-refractivity contribution is 7.91. The van der Waals surface area contributed by atoms with E-state index < -0.39 is 74.5 Å². The molecule has 2 aromatic carbocycles. The van der Waals surface area contributed by atoms with Crippen LogP contribution in [0.25, 0.3) is 21.7 Å². The van der Waals surface area contributed by atoms with Gasteiger partial charge in [0.2, 0.25) is 21.8 Å². The van der Waals surface area contributed by atoms with Crippen LogP contribution < -0.4 is 20.1 Å². The van der Waals surface area contributed by atoms with Gasteiger partial charge in [0.25, 0.3) is 5.91 Å². The molecule has 55 heavy (non-hydrogen) atoms. The van der Waals surface area contributed by atoms with E-state index in [9.17, 15) is 27.6 Å². The first-order valence-electron chi connectivity index (χ1n) is 19.5. The molecule has 1 saturated heterocycles. The minimum atomic E-state index is -3.92. The molecule has 15 heteroatoms. The van der Waals surface area contributed by atoms with Gasteiger partial charge in [-0.05, 0) is 81.7 Å². The number of hydrogen-bond donors (Lipinski definition) is 3. The minimum absolute atomic E-state index is 0.0641. The van der Waals surface area contributed by atoms with Crippen LogP contribution in [0.2, 0.25) is 0 Å². The van der Waals surface area contributed by atoms with E-state index in [0.717, 1.165) is 49.3 Å². The summed E-state index contributed by atoms with van der Waals surface area (Å²) < 4.78 is 55.7. The Morgan fingerprint density at radius 3 is 2.55 bits per heavy atom. The molecule has 5 aliphatic rings. The summed E-state index contributed by atoms with van der Waals surface area (Å²) in [7, 11) is -3.92. The normalized spacial score (nSPS) is 28.3. The molecule has 3 saturated carbocycles. The maximum atomic E-state index is 15.8. The number of amides is 4. The van der Waals surface area contributed by atoms with Gasteiger partial charge < -0.3 is 25.0 Å². The average Bonchev–Trinajstić information content (AvgIpc) is 4.04. The van der Waals surface area contributed by atoms with E-state index in [2.05, 4.69) is 20.3 Å². The number of sulfonamides is 1. The number of allylic oxidation sites excluding steroid dienone is 1. The van der Waals surface area contributed by atoms with Gasteiger partial charge in [-0.25, -0.2) is 17.6 Å². The van der Waals surface area contributed by atoms with Crippen LogP contribution >= 0.6 is 0 Å². The van der Waals surface area contributed by atoms with Crippen LogP contribution in [0.1, 0.15) is 83.5 Å². The predicted octanol–water partition coefficient (Wildman–Crippen LogP) is 4.92. The molecule has 4 fully saturated rings. The summed E-state index contributed by atoms with van der Waals surface area (Å²) in [4.78, 5) is 61.7. The van der Waals surface area contributed by atoms with Gasteiger partial charge in [0.1, 0.15) is 29.8 Å². The molecular weight excluding hydrogens is 730 g/mol. The molecule has 3 N–H and O–H groups in total. The van der Waals surface area contributed by atoms with E-state index in [4.69, 9.17) is 9.47 Å². The van der Waals surface area contributed by atoms with E-state index in [1.165, 1.54) is 11.0 Å². The van der Waals surface area contributed by atoms with Crippen LogP contribution in [0.15, 0.2) is 54.7 Å². The molecule has 0 unspecified atom stereocenters. The van der Waals surface area contributed by atoms with Crippen molar-refractivity contribution in [3.05, 3.63) is 60.6 Å². The molecule has 4 amide bonds. The van der Waals surface area contributed by atoms with Crippen LogP contribution in [0, 0.1) is 11.7 Å². The van der Waals surface area contributed by atoms with E-state index in [-0.39, 0.29) is 31.2 Å². The number of hydrogen-bond acceptors (Lipinski definition) is 9. The van der Waals surface area contributed by atoms with Crippen molar-refractivity contribution < 1.29 is 41.5 Å². The standard InChI is InChI=1S/C40H46FN5O8S/c41-30-18-19-31-34(29-14-9-6-10-24(29)22-42-31)35(30)53-27-20-33-36(47)44-40(38(49)45-55(51,52)28-16-17-28)21-25(40)11-4-2-1-3-5-15-32(37(48)46(33)23-27)43-39(50)54-26-12-7-8-13-26/h4,6,9-11,14,18-19,22,25-28,32-33H,1-3,5,7-8,12-13,15-17,20-21,23H2,(H,43,50)(H,44,47)(H,45,49)/b11-4-/t25-,27-,32+,33+,40-/m1/s1. The zero-order chi connectivity index (χ0) is 38.3. The largest absolute Gasteiger partial charge is 0.485 e. The second-order valence-corrected chi connectivity index (χ2v) is 17.6. The molecular formula is C40H46FN5O8S. The van der Waals surface area contributed by atoms with Crippen molar-refractivity contribution >= 4 is 55.5 Å². The highest BCUT2D eigenvalue weighted by atomic mass is 32.2. The Balaban J connectivity index is 1.12. The van der Waals surface area contributed by atoms with Crippen molar-refractivity contribution in [1.82, 2.24) is 25.2 Å². The van der Waals surface area contributed by atoms with Crippen LogP contribution in [0.3, 0.4) is 0 Å². The number of fused-ring (bicyclic) bond motifs is 5. The van der Waals surface area contributed by atoms with Gasteiger partial charge in [0, 0.05) is 23.9 Å². The fourth-order valence-corrected chi connectivity index (χ4v) is 9.72. The van der Waals surface area contributed by atoms with Gasteiger partial charge in [-0.2, -0.15) is 0 Å². The van der Waals surface area contributed by atoms with Crippen molar-refractivity contribution in [3.63, 3.8) is 0 Å². The van der Waals surface area contributed by atoms with Crippen LogP contribution in [-0.4, -0.2) is 83.7 Å². The van der Waals surface area contributed by atoms with Gasteiger partial charge >= 0.3 is 6.09 Å². The van der Waals surface area contributed by atoms with Gasteiger partial charge in [0.15, 0.2) is 11.6 Å². The number of nitrogens with zero attached hydrogens (tertiary/aromatic N) is 2. The number of carbonyl (C=O) groups is 4. The Morgan fingerprint density at radius 2 is 1.75 bits per heavy atom. The van der Waals surface area contributed by atoms with Crippen molar-refractivity contribution in [3.8, 4) is 5.75 Å². The fraction of sp³-hybridized carbons (Fsp3) is 0.525. The Kier molecular flexibility index (Phi) is 10.2. The quantitative estimate of drug-likeness (QED) is 0.223. The number of benzene rings is 2. The van der Waals surface area contributed by atoms with E-state index in [1.807, 2.05) is 36.4 Å². The Hall–Kier alpha value is -4.79. The lowest BCUT2D eigenvalue weighted by molar-refractivity contribution is -0.141. The summed E-state index contributed by atoms with van der Waals surface area (Å²) in [5, 5.41) is 6.93. The molecule has 5 atom stereocenters. The first-order valence-corrected chi connectivity index (χ1v) is 21.0. The topological polar surface area (TPSA) is 173 Å². The molecule has 0 spiro atoms. The van der Waals surface area contributed by atoms with Gasteiger partial charge in [0.05, 0.1) is 22.7 Å². The molecule has 2 aliphatic heterocycles. The lowest BCUT2D eigenvalue weighted by Gasteiger charge is -2.30. The highest BCUT2D eigenvalue weighted by Gasteiger charge is 2.62. The SMILES string of the molecule is O=C(N[C@H]1CCCCC/C=C\[C@@H]2C[C@@]2(C(=O)NS(=O)(=O)C2CC2)NC(=O)[C@@H]2C[C@@H](Oc3c(F)ccc4ncc5ccccc5c34)CN2C1=O)OC1CCCC1. The lowest BCUT2D eigenvalue weighted by Crippen LogP contribution is -2.58. The number of ether oxygens (including phenoxy) is 2. The minimum Gasteiger partial charge on any atom is -0.485 e. The predicted molar refractivity (Wildman–Crippen MR) is 201 cm³/mol. The first-order chi connectivity index (χ1) is 26.5. The molecule has 1 aromatic heterocycles. The number of halogens is 1. The van der Waals surface area contributed by atoms with Crippen molar-refractivity contribution in [2.24, 2.45) is 5.92 Å². The molecule has 8 rings (SSSR count). The van der Waals surface area contributed by atoms with E-state index in [0.29, 0.717) is 43.0 Å². The number of rotatable bonds is 7. The maximum absolute atomic E-state index is 15.8. The molecule has 13 nitrogen and oxygen atoms in total. The summed E-state index contributed by atoms with van der Waals surface area (Å²) in [5.74, 6) is -3.19. The number of carbonyl (C=O) groups excluding carboxylic acids is 4. The Bertz CT molecular complexity index is 2160. The summed E-state index contributed by atoms with van der Waals surface area (Å²) >= 11 is 0. The second kappa shape index (κ2) is 15.0. The Labute approximate surface area is 318 Å². The van der Waals surface area contributed by atoms with Crippen LogP contribution in [0.4, 0.5) is 9.18 Å². The van der Waals surface area contributed by atoms with Gasteiger partial charge in [-0.3, -0.25) is 24.1 Å². The maximum Gasteiger partial charge on any atom is 0.408 e. The Morgan fingerprint density at radius 1 is 0.964 bits per heavy atom. The highest BCUT2D eigenvalue weighted by Crippen LogP contribution is 2.46. The lowest BCUT2D eigenvalue weighted by atomic mass is 10.0. The molecule has 0 bridgehead atoms. The fourth-order valence-electron chi connectivity index (χ4n) is 8.35.